The third kappa shape index (κ3) is 3.15. The van der Waals surface area contributed by atoms with Gasteiger partial charge in [0, 0.05) is 25.0 Å². The van der Waals surface area contributed by atoms with Crippen LogP contribution < -0.4 is 5.32 Å². The maximum atomic E-state index is 4.57. The van der Waals surface area contributed by atoms with E-state index in [1.165, 1.54) is 11.3 Å². The summed E-state index contributed by atoms with van der Waals surface area (Å²) in [5.74, 6) is 1.75. The normalized spacial score (nSPS) is 12.4. The van der Waals surface area contributed by atoms with Gasteiger partial charge in [-0.2, -0.15) is 5.10 Å². The molecule has 0 aromatic carbocycles. The highest BCUT2D eigenvalue weighted by atomic mass is 15.3. The van der Waals surface area contributed by atoms with E-state index >= 15 is 0 Å². The van der Waals surface area contributed by atoms with Crippen molar-refractivity contribution in [2.45, 2.75) is 46.1 Å². The third-order valence-corrected chi connectivity index (χ3v) is 3.44. The summed E-state index contributed by atoms with van der Waals surface area (Å²) in [4.78, 5) is 8.87. The van der Waals surface area contributed by atoms with Crippen LogP contribution in [0.15, 0.2) is 18.5 Å². The predicted molar refractivity (Wildman–Crippen MR) is 80.6 cm³/mol. The molecule has 2 heterocycles. The molecule has 1 atom stereocenters. The summed E-state index contributed by atoms with van der Waals surface area (Å²) < 4.78 is 1.91. The van der Waals surface area contributed by atoms with Crippen LogP contribution in [0.2, 0.25) is 0 Å². The van der Waals surface area contributed by atoms with E-state index in [1.54, 1.807) is 0 Å². The first-order valence-electron chi connectivity index (χ1n) is 7.22. The molecule has 108 valence electrons. The summed E-state index contributed by atoms with van der Waals surface area (Å²) in [6, 6.07) is 2.27. The van der Waals surface area contributed by atoms with Crippen LogP contribution in [0.1, 0.15) is 49.8 Å². The molecule has 1 N–H and O–H groups in total. The van der Waals surface area contributed by atoms with Crippen molar-refractivity contribution in [1.82, 2.24) is 19.7 Å². The van der Waals surface area contributed by atoms with Gasteiger partial charge in [0.15, 0.2) is 0 Å². The zero-order valence-corrected chi connectivity index (χ0v) is 12.7. The first-order chi connectivity index (χ1) is 9.65. The zero-order valence-electron chi connectivity index (χ0n) is 12.7. The van der Waals surface area contributed by atoms with E-state index in [2.05, 4.69) is 40.3 Å². The molecule has 2 aromatic heterocycles. The molecular formula is C15H23N5. The van der Waals surface area contributed by atoms with Crippen molar-refractivity contribution in [3.05, 3.63) is 35.5 Å². The van der Waals surface area contributed by atoms with E-state index in [0.717, 1.165) is 30.9 Å². The molecule has 2 rings (SSSR count). The predicted octanol–water partition coefficient (Wildman–Crippen LogP) is 3.03. The number of hydrogen-bond acceptors (Lipinski definition) is 4. The van der Waals surface area contributed by atoms with E-state index in [4.69, 9.17) is 0 Å². The second kappa shape index (κ2) is 6.50. The number of hydrogen-bond donors (Lipinski definition) is 1. The van der Waals surface area contributed by atoms with Gasteiger partial charge in [-0.3, -0.25) is 4.68 Å². The summed E-state index contributed by atoms with van der Waals surface area (Å²) in [7, 11) is 1.97. The van der Waals surface area contributed by atoms with Gasteiger partial charge < -0.3 is 5.32 Å². The molecular weight excluding hydrogens is 250 g/mol. The summed E-state index contributed by atoms with van der Waals surface area (Å²) in [6.07, 6.45) is 6.82. The molecule has 0 bridgehead atoms. The van der Waals surface area contributed by atoms with Gasteiger partial charge in [0.1, 0.15) is 11.6 Å². The van der Waals surface area contributed by atoms with Crippen LogP contribution in [0, 0.1) is 6.92 Å². The Balaban J connectivity index is 2.27. The van der Waals surface area contributed by atoms with Gasteiger partial charge in [-0.25, -0.2) is 9.97 Å². The van der Waals surface area contributed by atoms with Crippen molar-refractivity contribution in [2.24, 2.45) is 7.05 Å². The Kier molecular flexibility index (Phi) is 4.71. The number of aryl methyl sites for hydroxylation is 3. The molecule has 2 aromatic rings. The monoisotopic (exact) mass is 273 g/mol. The van der Waals surface area contributed by atoms with Gasteiger partial charge in [0.05, 0.1) is 11.7 Å². The number of anilines is 1. The van der Waals surface area contributed by atoms with Gasteiger partial charge in [0.25, 0.3) is 0 Å². The van der Waals surface area contributed by atoms with Crippen LogP contribution in [0.3, 0.4) is 0 Å². The second-order valence-corrected chi connectivity index (χ2v) is 5.03. The Morgan fingerprint density at radius 2 is 2.15 bits per heavy atom. The van der Waals surface area contributed by atoms with E-state index in [-0.39, 0.29) is 6.04 Å². The molecule has 0 aliphatic heterocycles. The summed E-state index contributed by atoms with van der Waals surface area (Å²) in [6.45, 7) is 6.26. The molecule has 0 spiro atoms. The highest BCUT2D eigenvalue weighted by Gasteiger charge is 2.15. The van der Waals surface area contributed by atoms with Gasteiger partial charge in [-0.15, -0.1) is 0 Å². The first kappa shape index (κ1) is 14.5. The molecule has 0 amide bonds. The lowest BCUT2D eigenvalue weighted by Gasteiger charge is -2.20. The van der Waals surface area contributed by atoms with Crippen LogP contribution in [0.25, 0.3) is 0 Å². The minimum atomic E-state index is 0.215. The van der Waals surface area contributed by atoms with Crippen LogP contribution >= 0.6 is 0 Å². The Labute approximate surface area is 120 Å². The fraction of sp³-hybridized carbons (Fsp3) is 0.533. The Bertz CT molecular complexity index is 561. The number of aromatic nitrogens is 4. The number of rotatable bonds is 6. The topological polar surface area (TPSA) is 55.6 Å². The van der Waals surface area contributed by atoms with Crippen LogP contribution in [-0.4, -0.2) is 19.7 Å². The average molecular weight is 273 g/mol. The zero-order chi connectivity index (χ0) is 14.5. The molecule has 20 heavy (non-hydrogen) atoms. The lowest BCUT2D eigenvalue weighted by Crippen LogP contribution is -2.16. The van der Waals surface area contributed by atoms with E-state index in [9.17, 15) is 0 Å². The second-order valence-electron chi connectivity index (χ2n) is 5.03. The van der Waals surface area contributed by atoms with Crippen molar-refractivity contribution in [1.29, 1.82) is 0 Å². The quantitative estimate of drug-likeness (QED) is 0.879. The van der Waals surface area contributed by atoms with E-state index < -0.39 is 0 Å². The fourth-order valence-corrected chi connectivity index (χ4v) is 2.35. The summed E-state index contributed by atoms with van der Waals surface area (Å²) in [5, 5.41) is 7.80. The molecule has 0 saturated heterocycles. The van der Waals surface area contributed by atoms with Crippen molar-refractivity contribution in [3.63, 3.8) is 0 Å². The highest BCUT2D eigenvalue weighted by molar-refractivity contribution is 5.45. The Hall–Kier alpha value is -1.91. The van der Waals surface area contributed by atoms with Crippen molar-refractivity contribution in [3.8, 4) is 0 Å². The minimum Gasteiger partial charge on any atom is -0.361 e. The summed E-state index contributed by atoms with van der Waals surface area (Å²) >= 11 is 0. The molecule has 0 aliphatic carbocycles. The molecule has 0 aliphatic rings. The largest absolute Gasteiger partial charge is 0.361 e. The molecule has 0 saturated carbocycles. The number of nitrogens with one attached hydrogen (secondary N) is 1. The smallest absolute Gasteiger partial charge is 0.133 e. The lowest BCUT2D eigenvalue weighted by molar-refractivity contribution is 0.630. The highest BCUT2D eigenvalue weighted by Crippen LogP contribution is 2.23. The molecule has 0 fully saturated rings. The van der Waals surface area contributed by atoms with Crippen molar-refractivity contribution >= 4 is 5.82 Å². The van der Waals surface area contributed by atoms with Crippen LogP contribution in [0.4, 0.5) is 5.82 Å². The third-order valence-electron chi connectivity index (χ3n) is 3.44. The van der Waals surface area contributed by atoms with Gasteiger partial charge in [-0.1, -0.05) is 20.3 Å². The number of nitrogens with zero attached hydrogens (tertiary/aromatic N) is 4. The van der Waals surface area contributed by atoms with Crippen molar-refractivity contribution < 1.29 is 0 Å². The standard InChI is InChI=1S/C15H23N5/c1-5-7-12-10-16-11(3)18-15(12)19-13(6-2)14-8-9-17-20(14)4/h8-10,13H,5-7H2,1-4H3,(H,16,18,19). The maximum Gasteiger partial charge on any atom is 0.133 e. The minimum absolute atomic E-state index is 0.215. The van der Waals surface area contributed by atoms with Gasteiger partial charge >= 0.3 is 0 Å². The SMILES string of the molecule is CCCc1cnc(C)nc1NC(CC)c1ccnn1C. The molecule has 0 radical (unpaired) electrons. The molecule has 5 nitrogen and oxygen atoms in total. The average Bonchev–Trinajstić information content (AvgIpc) is 2.85. The van der Waals surface area contributed by atoms with Gasteiger partial charge in [0.2, 0.25) is 0 Å². The lowest BCUT2D eigenvalue weighted by atomic mass is 10.1. The van der Waals surface area contributed by atoms with E-state index in [1.807, 2.05) is 31.0 Å². The van der Waals surface area contributed by atoms with Gasteiger partial charge in [-0.05, 0) is 25.8 Å². The molecule has 1 unspecified atom stereocenters. The van der Waals surface area contributed by atoms with E-state index in [0.29, 0.717) is 0 Å². The van der Waals surface area contributed by atoms with Crippen molar-refractivity contribution in [2.75, 3.05) is 5.32 Å². The Morgan fingerprint density at radius 3 is 2.75 bits per heavy atom. The molecule has 5 heteroatoms. The Morgan fingerprint density at radius 1 is 1.35 bits per heavy atom. The summed E-state index contributed by atoms with van der Waals surface area (Å²) in [5.41, 5.74) is 2.35. The maximum absolute atomic E-state index is 4.57. The fourth-order valence-electron chi connectivity index (χ4n) is 2.35. The van der Waals surface area contributed by atoms with Crippen LogP contribution in [-0.2, 0) is 13.5 Å². The van der Waals surface area contributed by atoms with Crippen LogP contribution in [0.5, 0.6) is 0 Å². The first-order valence-corrected chi connectivity index (χ1v) is 7.22.